The van der Waals surface area contributed by atoms with Crippen molar-refractivity contribution in [3.63, 3.8) is 0 Å². The molecule has 1 N–H and O–H groups in total. The van der Waals surface area contributed by atoms with Gasteiger partial charge in [0.15, 0.2) is 11.6 Å². The predicted octanol–water partition coefficient (Wildman–Crippen LogP) is 3.40. The molecule has 0 heterocycles. The lowest BCUT2D eigenvalue weighted by Crippen LogP contribution is -2.13. The van der Waals surface area contributed by atoms with Gasteiger partial charge in [-0.15, -0.1) is 0 Å². The Kier molecular flexibility index (Phi) is 3.80. The minimum Gasteiger partial charge on any atom is -0.494 e. The van der Waals surface area contributed by atoms with E-state index in [0.717, 1.165) is 11.6 Å². The van der Waals surface area contributed by atoms with E-state index in [9.17, 15) is 9.18 Å². The molecule has 0 atom stereocenters. The quantitative estimate of drug-likeness (QED) is 0.917. The highest BCUT2D eigenvalue weighted by Gasteiger charge is 2.11. The topological polar surface area (TPSA) is 38.3 Å². The maximum absolute atomic E-state index is 13.5. The number of para-hydroxylation sites is 1. The van der Waals surface area contributed by atoms with Gasteiger partial charge < -0.3 is 10.1 Å². The van der Waals surface area contributed by atoms with Crippen LogP contribution in [0.5, 0.6) is 5.75 Å². The first-order valence-electron chi connectivity index (χ1n) is 5.82. The van der Waals surface area contributed by atoms with Gasteiger partial charge in [-0.2, -0.15) is 0 Å². The van der Waals surface area contributed by atoms with Gasteiger partial charge in [-0.05, 0) is 36.8 Å². The van der Waals surface area contributed by atoms with Crippen molar-refractivity contribution in [3.8, 4) is 5.75 Å². The third-order valence-electron chi connectivity index (χ3n) is 2.81. The Balaban J connectivity index is 2.21. The minimum atomic E-state index is -0.556. The Morgan fingerprint density at radius 1 is 1.21 bits per heavy atom. The zero-order valence-electron chi connectivity index (χ0n) is 10.7. The lowest BCUT2D eigenvalue weighted by molar-refractivity contribution is 0.102. The molecule has 4 heteroatoms. The molecule has 2 rings (SSSR count). The molecular weight excluding hydrogens is 245 g/mol. The van der Waals surface area contributed by atoms with E-state index in [1.54, 1.807) is 6.07 Å². The van der Waals surface area contributed by atoms with Gasteiger partial charge in [0.05, 0.1) is 7.11 Å². The summed E-state index contributed by atoms with van der Waals surface area (Å²) in [7, 11) is 1.38. The van der Waals surface area contributed by atoms with E-state index in [1.165, 1.54) is 19.2 Å². The van der Waals surface area contributed by atoms with E-state index in [2.05, 4.69) is 5.32 Å². The van der Waals surface area contributed by atoms with Crippen molar-refractivity contribution in [3.05, 3.63) is 59.4 Å². The highest BCUT2D eigenvalue weighted by atomic mass is 19.1. The smallest absolute Gasteiger partial charge is 0.255 e. The van der Waals surface area contributed by atoms with E-state index in [4.69, 9.17) is 4.74 Å². The van der Waals surface area contributed by atoms with E-state index in [0.29, 0.717) is 5.69 Å². The first kappa shape index (κ1) is 13.1. The van der Waals surface area contributed by atoms with Crippen LogP contribution in [0.15, 0.2) is 42.5 Å². The molecule has 0 fully saturated rings. The zero-order valence-corrected chi connectivity index (χ0v) is 10.7. The standard InChI is InChI=1S/C15H14FNO2/c1-10-5-3-4-6-13(10)17-15(18)11-7-8-14(19-2)12(16)9-11/h3-9H,1-2H3,(H,17,18). The molecule has 0 aromatic heterocycles. The number of anilines is 1. The van der Waals surface area contributed by atoms with Gasteiger partial charge in [0.1, 0.15) is 0 Å². The van der Waals surface area contributed by atoms with Crippen LogP contribution >= 0.6 is 0 Å². The number of amides is 1. The summed E-state index contributed by atoms with van der Waals surface area (Å²) in [6.45, 7) is 1.89. The summed E-state index contributed by atoms with van der Waals surface area (Å²) in [5.74, 6) is -0.789. The number of carbonyl (C=O) groups is 1. The van der Waals surface area contributed by atoms with Gasteiger partial charge in [-0.1, -0.05) is 18.2 Å². The van der Waals surface area contributed by atoms with Crippen LogP contribution in [0.3, 0.4) is 0 Å². The average molecular weight is 259 g/mol. The summed E-state index contributed by atoms with van der Waals surface area (Å²) in [6, 6.07) is 11.5. The molecule has 0 aliphatic heterocycles. The molecule has 98 valence electrons. The highest BCUT2D eigenvalue weighted by Crippen LogP contribution is 2.19. The second-order valence-electron chi connectivity index (χ2n) is 4.12. The average Bonchev–Trinajstić information content (AvgIpc) is 2.41. The van der Waals surface area contributed by atoms with Gasteiger partial charge in [-0.3, -0.25) is 4.79 Å². The highest BCUT2D eigenvalue weighted by molar-refractivity contribution is 6.04. The SMILES string of the molecule is COc1ccc(C(=O)Nc2ccccc2C)cc1F. The number of carbonyl (C=O) groups excluding carboxylic acids is 1. The van der Waals surface area contributed by atoms with Crippen molar-refractivity contribution in [2.75, 3.05) is 12.4 Å². The third kappa shape index (κ3) is 2.91. The maximum atomic E-state index is 13.5. The van der Waals surface area contributed by atoms with Crippen LogP contribution in [0, 0.1) is 12.7 Å². The van der Waals surface area contributed by atoms with Crippen molar-refractivity contribution in [1.29, 1.82) is 0 Å². The van der Waals surface area contributed by atoms with E-state index < -0.39 is 5.82 Å². The Labute approximate surface area is 111 Å². The number of halogens is 1. The fourth-order valence-corrected chi connectivity index (χ4v) is 1.72. The number of benzene rings is 2. The van der Waals surface area contributed by atoms with Crippen LogP contribution in [0.1, 0.15) is 15.9 Å². The van der Waals surface area contributed by atoms with Crippen LogP contribution in [0.25, 0.3) is 0 Å². The number of aryl methyl sites for hydroxylation is 1. The molecule has 0 saturated heterocycles. The number of hydrogen-bond acceptors (Lipinski definition) is 2. The van der Waals surface area contributed by atoms with Crippen molar-refractivity contribution >= 4 is 11.6 Å². The van der Waals surface area contributed by atoms with Crippen LogP contribution in [0.4, 0.5) is 10.1 Å². The molecular formula is C15H14FNO2. The normalized spacial score (nSPS) is 10.1. The van der Waals surface area contributed by atoms with Gasteiger partial charge in [-0.25, -0.2) is 4.39 Å². The van der Waals surface area contributed by atoms with Crippen molar-refractivity contribution in [2.24, 2.45) is 0 Å². The molecule has 0 spiro atoms. The molecule has 2 aromatic carbocycles. The summed E-state index contributed by atoms with van der Waals surface area (Å²) < 4.78 is 18.3. The van der Waals surface area contributed by atoms with E-state index in [1.807, 2.05) is 25.1 Å². The molecule has 3 nitrogen and oxygen atoms in total. The van der Waals surface area contributed by atoms with Gasteiger partial charge in [0, 0.05) is 11.3 Å². The molecule has 1 amide bonds. The monoisotopic (exact) mass is 259 g/mol. The summed E-state index contributed by atoms with van der Waals surface area (Å²) in [4.78, 5) is 12.0. The Morgan fingerprint density at radius 2 is 1.95 bits per heavy atom. The molecule has 0 bridgehead atoms. The van der Waals surface area contributed by atoms with E-state index >= 15 is 0 Å². The fourth-order valence-electron chi connectivity index (χ4n) is 1.72. The lowest BCUT2D eigenvalue weighted by Gasteiger charge is -2.09. The summed E-state index contributed by atoms with van der Waals surface area (Å²) >= 11 is 0. The van der Waals surface area contributed by atoms with Gasteiger partial charge >= 0.3 is 0 Å². The largest absolute Gasteiger partial charge is 0.494 e. The van der Waals surface area contributed by atoms with Crippen LogP contribution in [-0.4, -0.2) is 13.0 Å². The van der Waals surface area contributed by atoms with Crippen molar-refractivity contribution in [2.45, 2.75) is 6.92 Å². The number of ether oxygens (including phenoxy) is 1. The molecule has 0 unspecified atom stereocenters. The number of rotatable bonds is 3. The molecule has 0 radical (unpaired) electrons. The molecule has 0 saturated carbocycles. The Bertz CT molecular complexity index is 611. The lowest BCUT2D eigenvalue weighted by atomic mass is 10.1. The first-order valence-corrected chi connectivity index (χ1v) is 5.82. The minimum absolute atomic E-state index is 0.118. The molecule has 0 aliphatic rings. The predicted molar refractivity (Wildman–Crippen MR) is 72.1 cm³/mol. The van der Waals surface area contributed by atoms with Crippen LogP contribution < -0.4 is 10.1 Å². The molecule has 19 heavy (non-hydrogen) atoms. The summed E-state index contributed by atoms with van der Waals surface area (Å²) in [6.07, 6.45) is 0. The van der Waals surface area contributed by atoms with Crippen molar-refractivity contribution < 1.29 is 13.9 Å². The molecule has 0 aliphatic carbocycles. The summed E-state index contributed by atoms with van der Waals surface area (Å²) in [5.41, 5.74) is 1.91. The Morgan fingerprint density at radius 3 is 2.58 bits per heavy atom. The molecule has 2 aromatic rings. The van der Waals surface area contributed by atoms with E-state index in [-0.39, 0.29) is 17.2 Å². The zero-order chi connectivity index (χ0) is 13.8. The Hall–Kier alpha value is -2.36. The fraction of sp³-hybridized carbons (Fsp3) is 0.133. The second-order valence-corrected chi connectivity index (χ2v) is 4.12. The van der Waals surface area contributed by atoms with Gasteiger partial charge in [0.25, 0.3) is 5.91 Å². The second kappa shape index (κ2) is 5.52. The number of nitrogens with one attached hydrogen (secondary N) is 1. The van der Waals surface area contributed by atoms with Gasteiger partial charge in [0.2, 0.25) is 0 Å². The number of hydrogen-bond donors (Lipinski definition) is 1. The first-order chi connectivity index (χ1) is 9.11. The van der Waals surface area contributed by atoms with Crippen LogP contribution in [-0.2, 0) is 0 Å². The van der Waals surface area contributed by atoms with Crippen molar-refractivity contribution in [1.82, 2.24) is 0 Å². The summed E-state index contributed by atoms with van der Waals surface area (Å²) in [5, 5.41) is 2.74. The number of methoxy groups -OCH3 is 1. The van der Waals surface area contributed by atoms with Crippen LogP contribution in [0.2, 0.25) is 0 Å². The third-order valence-corrected chi connectivity index (χ3v) is 2.81. The maximum Gasteiger partial charge on any atom is 0.255 e.